The lowest BCUT2D eigenvalue weighted by Gasteiger charge is -2.06. The van der Waals surface area contributed by atoms with E-state index < -0.39 is 0 Å². The van der Waals surface area contributed by atoms with Crippen molar-refractivity contribution in [2.75, 3.05) is 52.9 Å². The molecule has 0 amide bonds. The van der Waals surface area contributed by atoms with Gasteiger partial charge in [-0.05, 0) is 146 Å². The van der Waals surface area contributed by atoms with Gasteiger partial charge in [-0.25, -0.2) is 18.7 Å². The molecular weight excluding hydrogens is 1180 g/mol. The number of nitrogens with zero attached hydrogens (tertiary/aromatic N) is 12. The van der Waals surface area contributed by atoms with Crippen molar-refractivity contribution in [3.05, 3.63) is 219 Å². The zero-order valence-corrected chi connectivity index (χ0v) is 49.2. The molecule has 0 bridgehead atoms. The van der Waals surface area contributed by atoms with E-state index in [0.717, 1.165) is 106 Å². The van der Waals surface area contributed by atoms with Gasteiger partial charge >= 0.3 is 0 Å². The zero-order chi connectivity index (χ0) is 62.6. The lowest BCUT2D eigenvalue weighted by atomic mass is 10.1. The molecule has 0 spiro atoms. The number of phenolic OH excluding ortho intramolecular Hbond substituents is 4. The molecule has 4 saturated heterocycles. The van der Waals surface area contributed by atoms with Crippen molar-refractivity contribution in [1.29, 1.82) is 0 Å². The van der Waals surface area contributed by atoms with Crippen molar-refractivity contribution in [2.24, 2.45) is 0 Å². The van der Waals surface area contributed by atoms with Crippen LogP contribution in [-0.4, -0.2) is 158 Å². The molecule has 12 aromatic rings. The van der Waals surface area contributed by atoms with Gasteiger partial charge in [-0.1, -0.05) is 57.3 Å². The maximum Gasteiger partial charge on any atom is 0.121 e. The van der Waals surface area contributed by atoms with E-state index >= 15 is 0 Å². The van der Waals surface area contributed by atoms with Crippen LogP contribution in [0.4, 0.5) is 0 Å². The van der Waals surface area contributed by atoms with Crippen LogP contribution >= 0.6 is 0 Å². The Hall–Kier alpha value is -11.4. The van der Waals surface area contributed by atoms with Gasteiger partial charge in [0.15, 0.2) is 0 Å². The van der Waals surface area contributed by atoms with E-state index in [1.165, 1.54) is 0 Å². The molecule has 8 aromatic carbocycles. The second-order valence-corrected chi connectivity index (χ2v) is 21.4. The molecule has 4 fully saturated rings. The average molecular weight is 1240 g/mol. The first-order chi connectivity index (χ1) is 45.1. The summed E-state index contributed by atoms with van der Waals surface area (Å²) in [5.74, 6) is 4.03. The predicted molar refractivity (Wildman–Crippen MR) is 335 cm³/mol. The second-order valence-electron chi connectivity index (χ2n) is 21.4. The topological polar surface area (TPSA) is 291 Å². The number of phenols is 4. The van der Waals surface area contributed by atoms with Crippen molar-refractivity contribution in [3.8, 4) is 114 Å². The summed E-state index contributed by atoms with van der Waals surface area (Å²) in [4.78, 5) is 0. The van der Waals surface area contributed by atoms with Crippen LogP contribution in [-0.2, 0) is 18.9 Å². The predicted octanol–water partition coefficient (Wildman–Crippen LogP) is 9.67. The molecule has 4 aromatic heterocycles. The summed E-state index contributed by atoms with van der Waals surface area (Å²) < 4.78 is 50.1. The van der Waals surface area contributed by atoms with Gasteiger partial charge < -0.3 is 58.3 Å². The second kappa shape index (κ2) is 27.9. The van der Waals surface area contributed by atoms with Gasteiger partial charge in [-0.3, -0.25) is 0 Å². The van der Waals surface area contributed by atoms with E-state index in [-0.39, 0.29) is 47.4 Å². The Balaban J connectivity index is 0.000000114. The first-order valence-electron chi connectivity index (χ1n) is 29.4. The van der Waals surface area contributed by atoms with Crippen molar-refractivity contribution < 1.29 is 58.3 Å². The maximum absolute atomic E-state index is 9.45. The van der Waals surface area contributed by atoms with E-state index in [0.29, 0.717) is 37.8 Å². The Morgan fingerprint density at radius 2 is 0.630 bits per heavy atom. The fourth-order valence-electron chi connectivity index (χ4n) is 8.92. The van der Waals surface area contributed by atoms with E-state index in [2.05, 4.69) is 41.2 Å². The maximum atomic E-state index is 9.45. The summed E-state index contributed by atoms with van der Waals surface area (Å²) in [6.45, 7) is 5.50. The Morgan fingerprint density at radius 3 is 1.08 bits per heavy atom. The molecule has 0 radical (unpaired) electrons. The molecule has 92 heavy (non-hydrogen) atoms. The number of hydrogen-bond acceptors (Lipinski definition) is 20. The molecule has 4 aliphatic rings. The molecular formula is C68H60N12O12. The molecule has 4 atom stereocenters. The third-order valence-electron chi connectivity index (χ3n) is 14.3. The fourth-order valence-corrected chi connectivity index (χ4v) is 8.92. The van der Waals surface area contributed by atoms with Gasteiger partial charge in [0, 0.05) is 34.4 Å². The molecule has 4 aliphatic heterocycles. The van der Waals surface area contributed by atoms with Gasteiger partial charge in [0.2, 0.25) is 0 Å². The lowest BCUT2D eigenvalue weighted by Crippen LogP contribution is -2.04. The third kappa shape index (κ3) is 16.6. The quantitative estimate of drug-likeness (QED) is 0.0516. The van der Waals surface area contributed by atoms with Crippen LogP contribution in [0.1, 0.15) is 0 Å². The number of rotatable bonds is 20. The average Bonchev–Trinajstić information content (AvgIpc) is 2.96. The molecule has 4 unspecified atom stereocenters. The molecule has 16 rings (SSSR count). The van der Waals surface area contributed by atoms with Crippen LogP contribution in [0.2, 0.25) is 0 Å². The van der Waals surface area contributed by atoms with Gasteiger partial charge in [0.05, 0.1) is 74.0 Å². The van der Waals surface area contributed by atoms with Crippen molar-refractivity contribution in [1.82, 2.24) is 60.0 Å². The molecule has 4 N–H and O–H groups in total. The summed E-state index contributed by atoms with van der Waals surface area (Å²) in [5.41, 5.74) is 9.90. The van der Waals surface area contributed by atoms with E-state index in [1.807, 2.05) is 122 Å². The highest BCUT2D eigenvalue weighted by Crippen LogP contribution is 2.29. The molecule has 8 heterocycles. The number of benzene rings is 8. The van der Waals surface area contributed by atoms with E-state index in [9.17, 15) is 20.4 Å². The van der Waals surface area contributed by atoms with Gasteiger partial charge in [-0.2, -0.15) is 0 Å². The van der Waals surface area contributed by atoms with Crippen LogP contribution in [0, 0.1) is 0 Å². The normalized spacial score (nSPS) is 16.3. The molecule has 24 nitrogen and oxygen atoms in total. The lowest BCUT2D eigenvalue weighted by molar-refractivity contribution is 0.263. The van der Waals surface area contributed by atoms with Crippen LogP contribution in [0.15, 0.2) is 219 Å². The Bertz CT molecular complexity index is 4090. The molecule has 464 valence electrons. The number of aromatic nitrogens is 12. The highest BCUT2D eigenvalue weighted by Gasteiger charge is 2.26. The Morgan fingerprint density at radius 1 is 0.304 bits per heavy atom. The standard InChI is InChI=1S/2C20H19N3O4.2C14H11N3O2/c1-5-16(24-10-18-12-26-18)6-2-14(1)20-9-23(22-21-20)15-3-7-17(8-4-15)25-11-19-13-27-19;1-3-14(7-16(5-1)24-10-18-12-26-18)20-9-23(22-21-20)15-4-2-6-17(8-15)25-11-19-13-27-19;18-12-5-1-10(2-6-12)14-9-17(16-15-14)11-3-7-13(19)8-4-11;18-12-5-1-3-10(7-12)14-9-17(16-15-14)11-4-2-6-13(19)8-11/h2*1-9,18-19H,10-13H2;2*1-9,18-19H. The SMILES string of the molecule is Oc1ccc(-c2cn(-c3ccc(O)cc3)nn2)cc1.Oc1cccc(-c2cn(-c3cccc(O)c3)nn2)c1.c1cc(-c2cn(-c3ccc(OCC4CO4)cc3)nn2)ccc1OCC1CO1.c1cc(OCC2CO2)cc(-c2cn(-c3cccc(OCC4CO4)c3)nn2)c1. The summed E-state index contributed by atoms with van der Waals surface area (Å²) in [5, 5.41) is 70.6. The van der Waals surface area contributed by atoms with Gasteiger partial charge in [0.25, 0.3) is 0 Å². The van der Waals surface area contributed by atoms with E-state index in [4.69, 9.17) is 37.9 Å². The van der Waals surface area contributed by atoms with E-state index in [1.54, 1.807) is 116 Å². The molecule has 24 heteroatoms. The number of hydrogen-bond donors (Lipinski definition) is 4. The monoisotopic (exact) mass is 1240 g/mol. The minimum absolute atomic E-state index is 0.173. The van der Waals surface area contributed by atoms with Crippen LogP contribution in [0.5, 0.6) is 46.0 Å². The zero-order valence-electron chi connectivity index (χ0n) is 49.2. The van der Waals surface area contributed by atoms with Crippen LogP contribution in [0.3, 0.4) is 0 Å². The largest absolute Gasteiger partial charge is 0.508 e. The van der Waals surface area contributed by atoms with Crippen molar-refractivity contribution in [2.45, 2.75) is 24.4 Å². The summed E-state index contributed by atoms with van der Waals surface area (Å²) >= 11 is 0. The first kappa shape index (κ1) is 59.5. The number of ether oxygens (including phenoxy) is 8. The molecule has 0 aliphatic carbocycles. The highest BCUT2D eigenvalue weighted by atomic mass is 16.6. The molecule has 0 saturated carbocycles. The highest BCUT2D eigenvalue weighted by molar-refractivity contribution is 5.63. The Kier molecular flexibility index (Phi) is 18.1. The fraction of sp³-hybridized carbons (Fsp3) is 0.176. The minimum Gasteiger partial charge on any atom is -0.508 e. The Labute approximate surface area is 526 Å². The number of epoxide rings is 4. The van der Waals surface area contributed by atoms with Crippen molar-refractivity contribution >= 4 is 0 Å². The smallest absolute Gasteiger partial charge is 0.121 e. The van der Waals surface area contributed by atoms with Gasteiger partial charge in [-0.15, -0.1) is 20.4 Å². The third-order valence-corrected chi connectivity index (χ3v) is 14.3. The number of aromatic hydroxyl groups is 4. The minimum atomic E-state index is 0.173. The summed E-state index contributed by atoms with van der Waals surface area (Å²) in [6, 6.07) is 58.2. The first-order valence-corrected chi connectivity index (χ1v) is 29.4. The van der Waals surface area contributed by atoms with Crippen molar-refractivity contribution in [3.63, 3.8) is 0 Å². The van der Waals surface area contributed by atoms with Crippen LogP contribution in [0.25, 0.3) is 67.8 Å². The van der Waals surface area contributed by atoms with Crippen LogP contribution < -0.4 is 18.9 Å². The summed E-state index contributed by atoms with van der Waals surface area (Å²) in [7, 11) is 0. The van der Waals surface area contributed by atoms with Gasteiger partial charge in [0.1, 0.15) is 120 Å². The summed E-state index contributed by atoms with van der Waals surface area (Å²) in [6.07, 6.45) is 8.30.